The van der Waals surface area contributed by atoms with Gasteiger partial charge in [0, 0.05) is 17.0 Å². The smallest absolute Gasteiger partial charge is 0.135 e. The maximum Gasteiger partial charge on any atom is 0.135 e. The molecule has 2 heteroatoms. The Kier molecular flexibility index (Phi) is 5.65. The van der Waals surface area contributed by atoms with Gasteiger partial charge in [-0.3, -0.25) is 0 Å². The van der Waals surface area contributed by atoms with E-state index < -0.39 is 0 Å². The number of aliphatic hydroxyl groups is 1. The van der Waals surface area contributed by atoms with E-state index in [2.05, 4.69) is 109 Å². The fourth-order valence-corrected chi connectivity index (χ4v) is 5.30. The van der Waals surface area contributed by atoms with E-state index in [9.17, 15) is 5.11 Å². The molecule has 1 aliphatic rings. The molecule has 2 nitrogen and oxygen atoms in total. The highest BCUT2D eigenvalue weighted by molar-refractivity contribution is 5.86. The fraction of sp³-hybridized carbons (Fsp3) is 0.0909. The van der Waals surface area contributed by atoms with E-state index in [1.165, 1.54) is 27.8 Å². The van der Waals surface area contributed by atoms with E-state index in [0.717, 1.165) is 28.0 Å². The summed E-state index contributed by atoms with van der Waals surface area (Å²) >= 11 is 0. The molecule has 1 N–H and O–H groups in total. The average molecular weight is 455 g/mol. The highest BCUT2D eigenvalue weighted by Crippen LogP contribution is 2.50. The molecule has 0 fully saturated rings. The van der Waals surface area contributed by atoms with Crippen molar-refractivity contribution in [2.45, 2.75) is 5.92 Å². The average Bonchev–Trinajstić information content (AvgIpc) is 3.27. The third-order valence-corrected chi connectivity index (χ3v) is 6.79. The molecule has 0 atom stereocenters. The van der Waals surface area contributed by atoms with Crippen LogP contribution in [0.25, 0.3) is 33.4 Å². The van der Waals surface area contributed by atoms with Crippen molar-refractivity contribution in [1.29, 1.82) is 0 Å². The lowest BCUT2D eigenvalue weighted by Crippen LogP contribution is -2.06. The molecule has 0 bridgehead atoms. The molecule has 0 saturated heterocycles. The summed E-state index contributed by atoms with van der Waals surface area (Å²) in [4.78, 5) is 0. The first-order valence-corrected chi connectivity index (χ1v) is 12.1. The van der Waals surface area contributed by atoms with Crippen LogP contribution in [0.4, 0.5) is 0 Å². The van der Waals surface area contributed by atoms with Gasteiger partial charge in [-0.2, -0.15) is 0 Å². The molecular weight excluding hydrogens is 428 g/mol. The Bertz CT molecular complexity index is 1370. The third-order valence-electron chi connectivity index (χ3n) is 6.79. The van der Waals surface area contributed by atoms with Gasteiger partial charge in [-0.1, -0.05) is 109 Å². The molecule has 0 amide bonds. The Balaban J connectivity index is 1.64. The van der Waals surface area contributed by atoms with Crippen LogP contribution in [0, 0.1) is 0 Å². The molecular formula is C33H26O2. The molecule has 6 rings (SSSR count). The Morgan fingerprint density at radius 2 is 1.00 bits per heavy atom. The fourth-order valence-electron chi connectivity index (χ4n) is 5.30. The van der Waals surface area contributed by atoms with Crippen LogP contribution >= 0.6 is 0 Å². The lowest BCUT2D eigenvalue weighted by atomic mass is 9.85. The molecule has 0 unspecified atom stereocenters. The summed E-state index contributed by atoms with van der Waals surface area (Å²) in [5, 5.41) is 9.57. The summed E-state index contributed by atoms with van der Waals surface area (Å²) in [6, 6.07) is 42.8. The van der Waals surface area contributed by atoms with Gasteiger partial charge in [0.15, 0.2) is 0 Å². The molecule has 0 radical (unpaired) electrons. The number of ether oxygens (including phenoxy) is 1. The quantitative estimate of drug-likeness (QED) is 0.281. The minimum Gasteiger partial charge on any atom is -0.490 e. The minimum atomic E-state index is -0.0341. The van der Waals surface area contributed by atoms with Crippen molar-refractivity contribution >= 4 is 0 Å². The van der Waals surface area contributed by atoms with Gasteiger partial charge < -0.3 is 9.84 Å². The van der Waals surface area contributed by atoms with E-state index >= 15 is 0 Å². The number of benzene rings is 5. The highest BCUT2D eigenvalue weighted by atomic mass is 16.5. The zero-order valence-electron chi connectivity index (χ0n) is 19.4. The molecule has 0 spiro atoms. The number of rotatable bonds is 6. The van der Waals surface area contributed by atoms with Gasteiger partial charge in [-0.25, -0.2) is 0 Å². The van der Waals surface area contributed by atoms with E-state index in [0.29, 0.717) is 0 Å². The van der Waals surface area contributed by atoms with E-state index in [1.807, 2.05) is 12.1 Å². The van der Waals surface area contributed by atoms with Crippen molar-refractivity contribution in [2.75, 3.05) is 13.2 Å². The van der Waals surface area contributed by atoms with Crippen LogP contribution in [-0.2, 0) is 0 Å². The van der Waals surface area contributed by atoms with E-state index in [-0.39, 0.29) is 19.1 Å². The first-order chi connectivity index (χ1) is 17.3. The van der Waals surface area contributed by atoms with E-state index in [4.69, 9.17) is 4.74 Å². The SMILES string of the molecule is OCCOc1c(-c2ccccc2)cc(C2c3ccccc3-c3ccccc32)cc1-c1ccccc1. The summed E-state index contributed by atoms with van der Waals surface area (Å²) in [6.07, 6.45) is 0. The Labute approximate surface area is 206 Å². The second kappa shape index (κ2) is 9.25. The van der Waals surface area contributed by atoms with Gasteiger partial charge in [-0.05, 0) is 51.1 Å². The molecule has 0 aliphatic heterocycles. The predicted molar refractivity (Wildman–Crippen MR) is 143 cm³/mol. The lowest BCUT2D eigenvalue weighted by molar-refractivity contribution is 0.202. The monoisotopic (exact) mass is 454 g/mol. The maximum atomic E-state index is 9.57. The van der Waals surface area contributed by atoms with Gasteiger partial charge in [-0.15, -0.1) is 0 Å². The summed E-state index contributed by atoms with van der Waals surface area (Å²) in [7, 11) is 0. The Morgan fingerprint density at radius 3 is 1.49 bits per heavy atom. The number of aliphatic hydroxyl groups excluding tert-OH is 1. The van der Waals surface area contributed by atoms with Gasteiger partial charge in [0.05, 0.1) is 6.61 Å². The van der Waals surface area contributed by atoms with Crippen molar-refractivity contribution in [3.63, 3.8) is 0 Å². The highest BCUT2D eigenvalue weighted by Gasteiger charge is 2.31. The topological polar surface area (TPSA) is 29.5 Å². The van der Waals surface area contributed by atoms with Crippen molar-refractivity contribution in [3.8, 4) is 39.1 Å². The number of hydrogen-bond acceptors (Lipinski definition) is 2. The van der Waals surface area contributed by atoms with Crippen molar-refractivity contribution in [2.24, 2.45) is 0 Å². The van der Waals surface area contributed by atoms with Gasteiger partial charge >= 0.3 is 0 Å². The second-order valence-corrected chi connectivity index (χ2v) is 8.86. The van der Waals surface area contributed by atoms with Crippen LogP contribution in [0.1, 0.15) is 22.6 Å². The summed E-state index contributed by atoms with van der Waals surface area (Å²) in [5.41, 5.74) is 10.8. The summed E-state index contributed by atoms with van der Waals surface area (Å²) in [6.45, 7) is 0.210. The van der Waals surface area contributed by atoms with Crippen LogP contribution in [0.15, 0.2) is 121 Å². The van der Waals surface area contributed by atoms with E-state index in [1.54, 1.807) is 0 Å². The first-order valence-electron chi connectivity index (χ1n) is 12.1. The zero-order valence-corrected chi connectivity index (χ0v) is 19.4. The standard InChI is InChI=1S/C33H26O2/c34-19-20-35-33-30(23-11-3-1-4-12-23)21-25(22-31(33)24-13-5-2-6-14-24)32-28-17-9-7-15-26(28)27-16-8-10-18-29(27)32/h1-18,21-22,32,34H,19-20H2. The summed E-state index contributed by atoms with van der Waals surface area (Å²) in [5.74, 6) is 0.944. The molecule has 5 aromatic carbocycles. The normalized spacial score (nSPS) is 12.3. The van der Waals surface area contributed by atoms with Crippen LogP contribution in [0.5, 0.6) is 5.75 Å². The first kappa shape index (κ1) is 21.4. The van der Waals surface area contributed by atoms with Gasteiger partial charge in [0.2, 0.25) is 0 Å². The zero-order chi connectivity index (χ0) is 23.6. The third kappa shape index (κ3) is 3.82. The van der Waals surface area contributed by atoms with Crippen molar-refractivity contribution in [3.05, 3.63) is 138 Å². The summed E-state index contributed by atoms with van der Waals surface area (Å²) < 4.78 is 6.23. The van der Waals surface area contributed by atoms with Gasteiger partial charge in [0.25, 0.3) is 0 Å². The van der Waals surface area contributed by atoms with Crippen LogP contribution in [0.2, 0.25) is 0 Å². The molecule has 0 aromatic heterocycles. The number of hydrogen-bond donors (Lipinski definition) is 1. The molecule has 0 saturated carbocycles. The molecule has 170 valence electrons. The maximum absolute atomic E-state index is 9.57. The molecule has 0 heterocycles. The second-order valence-electron chi connectivity index (χ2n) is 8.86. The van der Waals surface area contributed by atoms with Gasteiger partial charge in [0.1, 0.15) is 12.4 Å². The van der Waals surface area contributed by atoms with Crippen molar-refractivity contribution < 1.29 is 9.84 Å². The van der Waals surface area contributed by atoms with Crippen LogP contribution < -0.4 is 4.74 Å². The lowest BCUT2D eigenvalue weighted by Gasteiger charge is -2.22. The predicted octanol–water partition coefficient (Wildman–Crippen LogP) is 7.55. The van der Waals surface area contributed by atoms with Crippen LogP contribution in [-0.4, -0.2) is 18.3 Å². The minimum absolute atomic E-state index is 0.0341. The molecule has 5 aromatic rings. The molecule has 35 heavy (non-hydrogen) atoms. The van der Waals surface area contributed by atoms with Crippen molar-refractivity contribution in [1.82, 2.24) is 0 Å². The Hall–Kier alpha value is -4.14. The molecule has 1 aliphatic carbocycles. The Morgan fingerprint density at radius 1 is 0.543 bits per heavy atom. The number of fused-ring (bicyclic) bond motifs is 3. The largest absolute Gasteiger partial charge is 0.490 e. The van der Waals surface area contributed by atoms with Crippen LogP contribution in [0.3, 0.4) is 0 Å².